The number of benzene rings is 1. The zero-order valence-electron chi connectivity index (χ0n) is 10.4. The van der Waals surface area contributed by atoms with Gasteiger partial charge in [-0.1, -0.05) is 30.3 Å². The molecule has 0 aromatic heterocycles. The highest BCUT2D eigenvalue weighted by atomic mass is 19.1. The lowest BCUT2D eigenvalue weighted by Gasteiger charge is -2.20. The Morgan fingerprint density at radius 1 is 1.35 bits per heavy atom. The van der Waals surface area contributed by atoms with Crippen molar-refractivity contribution in [1.82, 2.24) is 0 Å². The lowest BCUT2D eigenvalue weighted by atomic mass is 10.1. The summed E-state index contributed by atoms with van der Waals surface area (Å²) < 4.78 is 19.6. The molecule has 0 radical (unpaired) electrons. The average molecular weight is 236 g/mol. The number of ether oxygens (including phenoxy) is 1. The third-order valence-electron chi connectivity index (χ3n) is 2.84. The minimum atomic E-state index is -1.52. The minimum Gasteiger partial charge on any atom is -0.460 e. The molecule has 2 atom stereocenters. The van der Waals surface area contributed by atoms with Crippen molar-refractivity contribution in [2.45, 2.75) is 38.5 Å². The van der Waals surface area contributed by atoms with Crippen LogP contribution in [-0.2, 0) is 15.2 Å². The van der Waals surface area contributed by atoms with Gasteiger partial charge in [0.05, 0.1) is 5.92 Å². The number of carbonyl (C=O) groups is 1. The molecule has 0 bridgehead atoms. The maximum atomic E-state index is 14.4. The van der Waals surface area contributed by atoms with E-state index in [1.807, 2.05) is 6.07 Å². The van der Waals surface area contributed by atoms with Crippen LogP contribution < -0.4 is 0 Å². The summed E-state index contributed by atoms with van der Waals surface area (Å²) >= 11 is 0. The van der Waals surface area contributed by atoms with Crippen molar-refractivity contribution in [2.75, 3.05) is 0 Å². The zero-order chi connectivity index (χ0) is 12.7. The predicted octanol–water partition coefficient (Wildman–Crippen LogP) is 3.21. The molecule has 2 rings (SSSR count). The summed E-state index contributed by atoms with van der Waals surface area (Å²) in [6.07, 6.45) is 0.228. The normalized spacial score (nSPS) is 27.6. The molecule has 92 valence electrons. The molecule has 1 aromatic rings. The highest BCUT2D eigenvalue weighted by Gasteiger charge is 2.62. The van der Waals surface area contributed by atoms with Crippen molar-refractivity contribution in [2.24, 2.45) is 5.92 Å². The van der Waals surface area contributed by atoms with E-state index in [2.05, 4.69) is 0 Å². The summed E-state index contributed by atoms with van der Waals surface area (Å²) in [5.74, 6) is -1.09. The van der Waals surface area contributed by atoms with Crippen LogP contribution in [0.15, 0.2) is 30.3 Å². The molecule has 1 saturated carbocycles. The maximum absolute atomic E-state index is 14.4. The molecule has 0 spiro atoms. The standard InChI is InChI=1S/C14H17FO2/c1-13(2,3)17-12(16)11-9-14(11,15)10-7-5-4-6-8-10/h4-8,11H,9H2,1-3H3/t11-,14+/m1/s1. The molecule has 0 heterocycles. The molecule has 1 fully saturated rings. The first-order valence-corrected chi connectivity index (χ1v) is 5.80. The number of hydrogen-bond acceptors (Lipinski definition) is 2. The summed E-state index contributed by atoms with van der Waals surface area (Å²) in [4.78, 5) is 11.7. The Balaban J connectivity index is 2.07. The van der Waals surface area contributed by atoms with Crippen molar-refractivity contribution < 1.29 is 13.9 Å². The Morgan fingerprint density at radius 3 is 2.47 bits per heavy atom. The molecule has 0 N–H and O–H groups in total. The van der Waals surface area contributed by atoms with E-state index in [0.29, 0.717) is 5.56 Å². The molecule has 0 aliphatic heterocycles. The molecule has 1 aliphatic rings. The quantitative estimate of drug-likeness (QED) is 0.737. The van der Waals surface area contributed by atoms with E-state index in [1.165, 1.54) is 0 Å². The molecule has 1 aliphatic carbocycles. The van der Waals surface area contributed by atoms with E-state index in [9.17, 15) is 9.18 Å². The molecule has 0 saturated heterocycles. The van der Waals surface area contributed by atoms with Gasteiger partial charge in [-0.15, -0.1) is 0 Å². The molecule has 1 aromatic carbocycles. The van der Waals surface area contributed by atoms with Gasteiger partial charge in [-0.05, 0) is 26.3 Å². The predicted molar refractivity (Wildman–Crippen MR) is 63.2 cm³/mol. The third kappa shape index (κ3) is 2.48. The van der Waals surface area contributed by atoms with E-state index >= 15 is 0 Å². The minimum absolute atomic E-state index is 0.228. The zero-order valence-corrected chi connectivity index (χ0v) is 10.4. The molecule has 0 amide bonds. The van der Waals surface area contributed by atoms with Crippen LogP contribution in [0.2, 0.25) is 0 Å². The first-order valence-electron chi connectivity index (χ1n) is 5.80. The number of halogens is 1. The summed E-state index contributed by atoms with van der Waals surface area (Å²) in [7, 11) is 0. The fourth-order valence-corrected chi connectivity index (χ4v) is 1.92. The number of hydrogen-bond donors (Lipinski definition) is 0. The summed E-state index contributed by atoms with van der Waals surface area (Å²) in [6, 6.07) is 8.81. The largest absolute Gasteiger partial charge is 0.460 e. The van der Waals surface area contributed by atoms with Gasteiger partial charge in [0.1, 0.15) is 11.3 Å². The van der Waals surface area contributed by atoms with Crippen molar-refractivity contribution >= 4 is 5.97 Å². The Kier molecular flexibility index (Phi) is 2.72. The second-order valence-corrected chi connectivity index (χ2v) is 5.52. The Morgan fingerprint density at radius 2 is 1.94 bits per heavy atom. The van der Waals surface area contributed by atoms with Crippen LogP contribution in [0.3, 0.4) is 0 Å². The van der Waals surface area contributed by atoms with Crippen molar-refractivity contribution in [3.63, 3.8) is 0 Å². The van der Waals surface area contributed by atoms with Crippen LogP contribution in [0.5, 0.6) is 0 Å². The lowest BCUT2D eigenvalue weighted by molar-refractivity contribution is -0.157. The second-order valence-electron chi connectivity index (χ2n) is 5.52. The average Bonchev–Trinajstić information content (AvgIpc) is 2.92. The van der Waals surface area contributed by atoms with Gasteiger partial charge in [0, 0.05) is 6.42 Å². The van der Waals surface area contributed by atoms with Gasteiger partial charge in [0.2, 0.25) is 0 Å². The molecule has 3 heteroatoms. The van der Waals surface area contributed by atoms with Crippen molar-refractivity contribution in [1.29, 1.82) is 0 Å². The topological polar surface area (TPSA) is 26.3 Å². The van der Waals surface area contributed by atoms with Gasteiger partial charge < -0.3 is 4.74 Å². The number of esters is 1. The SMILES string of the molecule is CC(C)(C)OC(=O)[C@H]1C[C@]1(F)c1ccccc1. The van der Waals surface area contributed by atoms with Crippen molar-refractivity contribution in [3.05, 3.63) is 35.9 Å². The molecular formula is C14H17FO2. The summed E-state index contributed by atoms with van der Waals surface area (Å²) in [6.45, 7) is 5.36. The first-order chi connectivity index (χ1) is 7.83. The highest BCUT2D eigenvalue weighted by molar-refractivity contribution is 5.78. The van der Waals surface area contributed by atoms with Gasteiger partial charge in [-0.25, -0.2) is 4.39 Å². The Bertz CT molecular complexity index is 422. The van der Waals surface area contributed by atoms with E-state index in [0.717, 1.165) is 0 Å². The monoisotopic (exact) mass is 236 g/mol. The number of rotatable bonds is 2. The lowest BCUT2D eigenvalue weighted by Crippen LogP contribution is -2.26. The summed E-state index contributed by atoms with van der Waals surface area (Å²) in [5.41, 5.74) is -1.52. The van der Waals surface area contributed by atoms with Crippen LogP contribution in [0.4, 0.5) is 4.39 Å². The number of carbonyl (C=O) groups excluding carboxylic acids is 1. The van der Waals surface area contributed by atoms with Gasteiger partial charge in [-0.3, -0.25) is 4.79 Å². The van der Waals surface area contributed by atoms with Crippen LogP contribution in [0, 0.1) is 5.92 Å². The molecule has 17 heavy (non-hydrogen) atoms. The van der Waals surface area contributed by atoms with Crippen molar-refractivity contribution in [3.8, 4) is 0 Å². The fraction of sp³-hybridized carbons (Fsp3) is 0.500. The highest BCUT2D eigenvalue weighted by Crippen LogP contribution is 2.56. The second kappa shape index (κ2) is 3.83. The molecule has 0 unspecified atom stereocenters. The first kappa shape index (κ1) is 12.1. The van der Waals surface area contributed by atoms with E-state index in [1.54, 1.807) is 45.0 Å². The van der Waals surface area contributed by atoms with Crippen LogP contribution >= 0.6 is 0 Å². The van der Waals surface area contributed by atoms with E-state index < -0.39 is 23.2 Å². The van der Waals surface area contributed by atoms with E-state index in [4.69, 9.17) is 4.74 Å². The van der Waals surface area contributed by atoms with Crippen LogP contribution in [0.25, 0.3) is 0 Å². The number of alkyl halides is 1. The van der Waals surface area contributed by atoms with E-state index in [-0.39, 0.29) is 6.42 Å². The molecule has 2 nitrogen and oxygen atoms in total. The third-order valence-corrected chi connectivity index (χ3v) is 2.84. The summed E-state index contributed by atoms with van der Waals surface area (Å²) in [5, 5.41) is 0. The van der Waals surface area contributed by atoms with Crippen LogP contribution in [-0.4, -0.2) is 11.6 Å². The Labute approximate surface area is 101 Å². The van der Waals surface area contributed by atoms with Crippen LogP contribution in [0.1, 0.15) is 32.8 Å². The molecular weight excluding hydrogens is 219 g/mol. The van der Waals surface area contributed by atoms with Gasteiger partial charge in [0.25, 0.3) is 0 Å². The van der Waals surface area contributed by atoms with Gasteiger partial charge in [0.15, 0.2) is 0 Å². The maximum Gasteiger partial charge on any atom is 0.313 e. The fourth-order valence-electron chi connectivity index (χ4n) is 1.92. The van der Waals surface area contributed by atoms with Gasteiger partial charge in [-0.2, -0.15) is 0 Å². The Hall–Kier alpha value is -1.38. The smallest absolute Gasteiger partial charge is 0.313 e. The van der Waals surface area contributed by atoms with Gasteiger partial charge >= 0.3 is 5.97 Å².